The number of aryl methyl sites for hydroxylation is 2. The van der Waals surface area contributed by atoms with Crippen molar-refractivity contribution < 1.29 is 24.0 Å². The number of carbonyl (C=O) groups is 2. The van der Waals surface area contributed by atoms with Crippen LogP contribution in [0.15, 0.2) is 28.8 Å². The maximum atomic E-state index is 12.1. The SMILES string of the molecule is Cc1noc(C)c1COc1ccc(CC(=O)NC(CC(C)C)C(=O)O)cc1. The first-order valence-electron chi connectivity index (χ1n) is 8.92. The summed E-state index contributed by atoms with van der Waals surface area (Å²) >= 11 is 0. The van der Waals surface area contributed by atoms with Gasteiger partial charge in [-0.3, -0.25) is 4.79 Å². The molecule has 2 rings (SSSR count). The second-order valence-corrected chi connectivity index (χ2v) is 7.00. The van der Waals surface area contributed by atoms with Crippen LogP contribution in [-0.2, 0) is 22.6 Å². The zero-order valence-electron chi connectivity index (χ0n) is 16.1. The summed E-state index contributed by atoms with van der Waals surface area (Å²) in [5.41, 5.74) is 2.50. The lowest BCUT2D eigenvalue weighted by Crippen LogP contribution is -2.42. The first-order chi connectivity index (χ1) is 12.8. The molecule has 1 aromatic carbocycles. The number of benzene rings is 1. The van der Waals surface area contributed by atoms with Crippen molar-refractivity contribution in [1.82, 2.24) is 10.5 Å². The molecule has 1 amide bonds. The van der Waals surface area contributed by atoms with Crippen LogP contribution in [-0.4, -0.2) is 28.2 Å². The van der Waals surface area contributed by atoms with Crippen molar-refractivity contribution in [3.8, 4) is 5.75 Å². The van der Waals surface area contributed by atoms with Gasteiger partial charge in [-0.15, -0.1) is 0 Å². The fraction of sp³-hybridized carbons (Fsp3) is 0.450. The number of aromatic nitrogens is 1. The van der Waals surface area contributed by atoms with Gasteiger partial charge in [0.25, 0.3) is 0 Å². The van der Waals surface area contributed by atoms with Gasteiger partial charge in [-0.05, 0) is 43.9 Å². The topological polar surface area (TPSA) is 102 Å². The summed E-state index contributed by atoms with van der Waals surface area (Å²) in [6.45, 7) is 7.90. The number of hydrogen-bond acceptors (Lipinski definition) is 5. The number of hydrogen-bond donors (Lipinski definition) is 2. The zero-order chi connectivity index (χ0) is 20.0. The van der Waals surface area contributed by atoms with Crippen LogP contribution in [0.5, 0.6) is 5.75 Å². The molecule has 0 aliphatic heterocycles. The number of nitrogens with zero attached hydrogens (tertiary/aromatic N) is 1. The van der Waals surface area contributed by atoms with Crippen LogP contribution in [0.3, 0.4) is 0 Å². The maximum Gasteiger partial charge on any atom is 0.326 e. The minimum atomic E-state index is -1.01. The van der Waals surface area contributed by atoms with Gasteiger partial charge in [0.2, 0.25) is 5.91 Å². The molecular formula is C20H26N2O5. The van der Waals surface area contributed by atoms with Gasteiger partial charge < -0.3 is 19.7 Å². The summed E-state index contributed by atoms with van der Waals surface area (Å²) in [7, 11) is 0. The van der Waals surface area contributed by atoms with Gasteiger partial charge in [-0.25, -0.2) is 4.79 Å². The smallest absolute Gasteiger partial charge is 0.326 e. The van der Waals surface area contributed by atoms with Gasteiger partial charge in [-0.2, -0.15) is 0 Å². The van der Waals surface area contributed by atoms with E-state index in [-0.39, 0.29) is 18.2 Å². The van der Waals surface area contributed by atoms with Crippen LogP contribution in [0.25, 0.3) is 0 Å². The molecule has 27 heavy (non-hydrogen) atoms. The standard InChI is InChI=1S/C20H26N2O5/c1-12(2)9-18(20(24)25)21-19(23)10-15-5-7-16(8-6-15)26-11-17-13(3)22-27-14(17)4/h5-8,12,18H,9-11H2,1-4H3,(H,21,23)(H,24,25). The Labute approximate surface area is 158 Å². The Hall–Kier alpha value is -2.83. The van der Waals surface area contributed by atoms with E-state index in [2.05, 4.69) is 10.5 Å². The van der Waals surface area contributed by atoms with Crippen LogP contribution in [0.4, 0.5) is 0 Å². The number of carboxylic acids is 1. The predicted octanol–water partition coefficient (Wildman–Crippen LogP) is 3.03. The van der Waals surface area contributed by atoms with Crippen LogP contribution in [0.2, 0.25) is 0 Å². The summed E-state index contributed by atoms with van der Waals surface area (Å²) in [6, 6.07) is 6.28. The van der Waals surface area contributed by atoms with Crippen LogP contribution in [0, 0.1) is 19.8 Å². The third-order valence-electron chi connectivity index (χ3n) is 4.19. The van der Waals surface area contributed by atoms with Crippen molar-refractivity contribution >= 4 is 11.9 Å². The number of carbonyl (C=O) groups excluding carboxylic acids is 1. The van der Waals surface area contributed by atoms with E-state index in [1.807, 2.05) is 27.7 Å². The van der Waals surface area contributed by atoms with Gasteiger partial charge in [0.15, 0.2) is 0 Å². The van der Waals surface area contributed by atoms with E-state index in [4.69, 9.17) is 9.26 Å². The van der Waals surface area contributed by atoms with Crippen molar-refractivity contribution in [3.05, 3.63) is 46.8 Å². The van der Waals surface area contributed by atoms with Crippen molar-refractivity contribution in [2.24, 2.45) is 5.92 Å². The first-order valence-corrected chi connectivity index (χ1v) is 8.92. The molecule has 1 heterocycles. The molecule has 0 radical (unpaired) electrons. The molecule has 0 fully saturated rings. The Balaban J connectivity index is 1.89. The molecular weight excluding hydrogens is 348 g/mol. The number of ether oxygens (including phenoxy) is 1. The summed E-state index contributed by atoms with van der Waals surface area (Å²) in [5, 5.41) is 15.7. The average molecular weight is 374 g/mol. The number of rotatable bonds is 9. The Morgan fingerprint density at radius 1 is 1.22 bits per heavy atom. The van der Waals surface area contributed by atoms with Gasteiger partial charge in [-0.1, -0.05) is 31.1 Å². The van der Waals surface area contributed by atoms with E-state index < -0.39 is 12.0 Å². The zero-order valence-corrected chi connectivity index (χ0v) is 16.1. The maximum absolute atomic E-state index is 12.1. The number of amides is 1. The molecule has 1 atom stereocenters. The van der Waals surface area contributed by atoms with Crippen molar-refractivity contribution in [2.75, 3.05) is 0 Å². The van der Waals surface area contributed by atoms with Gasteiger partial charge in [0.1, 0.15) is 24.2 Å². The number of carboxylic acid groups (broad SMARTS) is 1. The van der Waals surface area contributed by atoms with E-state index in [9.17, 15) is 14.7 Å². The van der Waals surface area contributed by atoms with Crippen molar-refractivity contribution in [1.29, 1.82) is 0 Å². The van der Waals surface area contributed by atoms with E-state index >= 15 is 0 Å². The molecule has 146 valence electrons. The lowest BCUT2D eigenvalue weighted by atomic mass is 10.0. The third kappa shape index (κ3) is 6.13. The normalized spacial score (nSPS) is 12.0. The molecule has 1 unspecified atom stereocenters. The quantitative estimate of drug-likeness (QED) is 0.699. The number of nitrogens with one attached hydrogen (secondary N) is 1. The Kier molecular flexibility index (Phi) is 6.98. The molecule has 1 aromatic heterocycles. The molecule has 2 N–H and O–H groups in total. The minimum absolute atomic E-state index is 0.117. The predicted molar refractivity (Wildman–Crippen MR) is 99.5 cm³/mol. The van der Waals surface area contributed by atoms with Crippen LogP contribution >= 0.6 is 0 Å². The lowest BCUT2D eigenvalue weighted by Gasteiger charge is -2.16. The second kappa shape index (κ2) is 9.21. The molecule has 0 saturated carbocycles. The molecule has 0 aliphatic rings. The fourth-order valence-corrected chi connectivity index (χ4v) is 2.69. The van der Waals surface area contributed by atoms with Crippen LogP contribution in [0.1, 0.15) is 42.8 Å². The summed E-state index contributed by atoms with van der Waals surface area (Å²) in [5.74, 6) is 0.255. The summed E-state index contributed by atoms with van der Waals surface area (Å²) in [4.78, 5) is 23.4. The van der Waals surface area contributed by atoms with E-state index in [0.29, 0.717) is 18.8 Å². The van der Waals surface area contributed by atoms with Gasteiger partial charge in [0, 0.05) is 0 Å². The van der Waals surface area contributed by atoms with E-state index in [1.165, 1.54) is 0 Å². The van der Waals surface area contributed by atoms with E-state index in [1.54, 1.807) is 24.3 Å². The lowest BCUT2D eigenvalue weighted by molar-refractivity contribution is -0.142. The first kappa shape index (κ1) is 20.5. The molecule has 2 aromatic rings. The molecule has 0 spiro atoms. The monoisotopic (exact) mass is 374 g/mol. The molecule has 7 nitrogen and oxygen atoms in total. The number of aliphatic carboxylic acids is 1. The molecule has 0 bridgehead atoms. The summed E-state index contributed by atoms with van der Waals surface area (Å²) in [6.07, 6.45) is 0.515. The highest BCUT2D eigenvalue weighted by molar-refractivity contribution is 5.84. The third-order valence-corrected chi connectivity index (χ3v) is 4.19. The van der Waals surface area contributed by atoms with Gasteiger partial charge in [0.05, 0.1) is 17.7 Å². The highest BCUT2D eigenvalue weighted by atomic mass is 16.5. The minimum Gasteiger partial charge on any atom is -0.489 e. The Morgan fingerprint density at radius 3 is 2.41 bits per heavy atom. The second-order valence-electron chi connectivity index (χ2n) is 7.00. The average Bonchev–Trinajstić information content (AvgIpc) is 2.91. The Bertz CT molecular complexity index is 761. The van der Waals surface area contributed by atoms with E-state index in [0.717, 1.165) is 22.6 Å². The van der Waals surface area contributed by atoms with Gasteiger partial charge >= 0.3 is 5.97 Å². The van der Waals surface area contributed by atoms with Crippen molar-refractivity contribution in [2.45, 2.75) is 53.2 Å². The fourth-order valence-electron chi connectivity index (χ4n) is 2.69. The van der Waals surface area contributed by atoms with Crippen molar-refractivity contribution in [3.63, 3.8) is 0 Å². The molecule has 0 saturated heterocycles. The molecule has 0 aliphatic carbocycles. The Morgan fingerprint density at radius 2 is 1.89 bits per heavy atom. The highest BCUT2D eigenvalue weighted by Gasteiger charge is 2.21. The highest BCUT2D eigenvalue weighted by Crippen LogP contribution is 2.18. The largest absolute Gasteiger partial charge is 0.489 e. The summed E-state index contributed by atoms with van der Waals surface area (Å²) < 4.78 is 10.8. The molecule has 7 heteroatoms. The van der Waals surface area contributed by atoms with Crippen LogP contribution < -0.4 is 10.1 Å².